The lowest BCUT2D eigenvalue weighted by molar-refractivity contribution is 0.879. The first-order chi connectivity index (χ1) is 10.8. The largest absolute Gasteiger partial charge is 0.374 e. The van der Waals surface area contributed by atoms with Crippen LogP contribution in [-0.4, -0.2) is 21.3 Å². The third kappa shape index (κ3) is 3.66. The summed E-state index contributed by atoms with van der Waals surface area (Å²) in [6, 6.07) is 15.4. The molecule has 5 heteroatoms. The molecule has 0 atom stereocenters. The van der Waals surface area contributed by atoms with Crippen LogP contribution in [0.4, 0.5) is 5.69 Å². The second-order valence-electron chi connectivity index (χ2n) is 4.55. The molecule has 108 valence electrons. The second-order valence-corrected chi connectivity index (χ2v) is 4.99. The highest BCUT2D eigenvalue weighted by molar-refractivity contribution is 6.30. The van der Waals surface area contributed by atoms with E-state index in [9.17, 15) is 0 Å². The normalized spacial score (nSPS) is 9.86. The smallest absolute Gasteiger partial charge is 0.138 e. The van der Waals surface area contributed by atoms with Gasteiger partial charge in [0.1, 0.15) is 12.7 Å². The molecular formula is C17H13ClN4. The van der Waals surface area contributed by atoms with Gasteiger partial charge in [0.15, 0.2) is 0 Å². The molecule has 0 aliphatic carbocycles. The van der Waals surface area contributed by atoms with Crippen LogP contribution in [-0.2, 0) is 0 Å². The zero-order chi connectivity index (χ0) is 15.2. The molecule has 0 amide bonds. The molecule has 4 nitrogen and oxygen atoms in total. The van der Waals surface area contributed by atoms with E-state index >= 15 is 0 Å². The lowest BCUT2D eigenvalue weighted by Gasteiger charge is -2.04. The minimum Gasteiger partial charge on any atom is -0.374 e. The number of halogens is 1. The maximum absolute atomic E-state index is 5.92. The summed E-state index contributed by atoms with van der Waals surface area (Å²) in [5.41, 5.74) is 2.88. The van der Waals surface area contributed by atoms with Crippen molar-refractivity contribution in [2.45, 2.75) is 0 Å². The van der Waals surface area contributed by atoms with Crippen molar-refractivity contribution < 1.29 is 0 Å². The molecule has 0 fully saturated rings. The van der Waals surface area contributed by atoms with E-state index in [4.69, 9.17) is 11.6 Å². The highest BCUT2D eigenvalue weighted by atomic mass is 35.5. The van der Waals surface area contributed by atoms with Crippen LogP contribution >= 0.6 is 11.6 Å². The molecule has 0 aliphatic rings. The molecule has 3 rings (SSSR count). The van der Waals surface area contributed by atoms with Gasteiger partial charge in [0.05, 0.1) is 12.2 Å². The van der Waals surface area contributed by atoms with E-state index in [0.29, 0.717) is 11.6 Å². The third-order valence-corrected chi connectivity index (χ3v) is 3.22. The average Bonchev–Trinajstić information content (AvgIpc) is 3.07. The predicted octanol–water partition coefficient (Wildman–Crippen LogP) is 3.38. The lowest BCUT2D eigenvalue weighted by atomic mass is 10.2. The van der Waals surface area contributed by atoms with Crippen LogP contribution in [0.25, 0.3) is 5.69 Å². The lowest BCUT2D eigenvalue weighted by Crippen LogP contribution is -1.99. The Labute approximate surface area is 133 Å². The standard InChI is InChI=1S/C17H13ClN4/c18-15-5-1-3-14(11-15)4-2-10-20-16-6-8-17(9-7-16)22-13-19-12-21-22/h1,3,5-9,11-13,20H,10H2. The van der Waals surface area contributed by atoms with Gasteiger partial charge in [0.25, 0.3) is 0 Å². The molecule has 0 bridgehead atoms. The van der Waals surface area contributed by atoms with Crippen LogP contribution in [0.3, 0.4) is 0 Å². The highest BCUT2D eigenvalue weighted by Crippen LogP contribution is 2.12. The summed E-state index contributed by atoms with van der Waals surface area (Å²) in [5.74, 6) is 6.14. The van der Waals surface area contributed by atoms with Gasteiger partial charge in [0.2, 0.25) is 0 Å². The SMILES string of the molecule is Clc1cccc(C#CCNc2ccc(-n3cncn3)cc2)c1. The molecule has 1 heterocycles. The molecule has 1 N–H and O–H groups in total. The Bertz CT molecular complexity index is 799. The van der Waals surface area contributed by atoms with Crippen molar-refractivity contribution in [2.24, 2.45) is 0 Å². The van der Waals surface area contributed by atoms with Crippen molar-refractivity contribution in [2.75, 3.05) is 11.9 Å². The van der Waals surface area contributed by atoms with Crippen LogP contribution in [0.5, 0.6) is 0 Å². The van der Waals surface area contributed by atoms with Gasteiger partial charge in [-0.15, -0.1) is 0 Å². The summed E-state index contributed by atoms with van der Waals surface area (Å²) in [6.07, 6.45) is 3.18. The predicted molar refractivity (Wildman–Crippen MR) is 88.2 cm³/mol. The summed E-state index contributed by atoms with van der Waals surface area (Å²) in [6.45, 7) is 0.565. The third-order valence-electron chi connectivity index (χ3n) is 2.99. The molecule has 0 saturated carbocycles. The maximum Gasteiger partial charge on any atom is 0.138 e. The Balaban J connectivity index is 1.58. The fraction of sp³-hybridized carbons (Fsp3) is 0.0588. The number of rotatable bonds is 3. The van der Waals surface area contributed by atoms with Crippen molar-refractivity contribution in [3.8, 4) is 17.5 Å². The Morgan fingerprint density at radius 1 is 1.14 bits per heavy atom. The topological polar surface area (TPSA) is 42.7 Å². The van der Waals surface area contributed by atoms with Crippen molar-refractivity contribution in [1.29, 1.82) is 0 Å². The fourth-order valence-corrected chi connectivity index (χ4v) is 2.12. The first-order valence-electron chi connectivity index (χ1n) is 6.75. The van der Waals surface area contributed by atoms with Crippen molar-refractivity contribution in [1.82, 2.24) is 14.8 Å². The quantitative estimate of drug-likeness (QED) is 0.754. The fourth-order valence-electron chi connectivity index (χ4n) is 1.93. The Morgan fingerprint density at radius 3 is 2.73 bits per heavy atom. The van der Waals surface area contributed by atoms with Gasteiger partial charge >= 0.3 is 0 Å². The molecule has 0 aliphatic heterocycles. The first-order valence-corrected chi connectivity index (χ1v) is 7.12. The number of hydrogen-bond donors (Lipinski definition) is 1. The molecule has 1 aromatic heterocycles. The number of aromatic nitrogens is 3. The Hall–Kier alpha value is -2.77. The van der Waals surface area contributed by atoms with Crippen molar-refractivity contribution in [3.05, 3.63) is 71.8 Å². The van der Waals surface area contributed by atoms with E-state index < -0.39 is 0 Å². The molecule has 2 aromatic carbocycles. The molecule has 22 heavy (non-hydrogen) atoms. The van der Waals surface area contributed by atoms with Crippen molar-refractivity contribution >= 4 is 17.3 Å². The minimum absolute atomic E-state index is 0.565. The second kappa shape index (κ2) is 6.79. The Kier molecular flexibility index (Phi) is 4.38. The van der Waals surface area contributed by atoms with E-state index in [0.717, 1.165) is 16.9 Å². The summed E-state index contributed by atoms with van der Waals surface area (Å²) >= 11 is 5.92. The van der Waals surface area contributed by atoms with Gasteiger partial charge in [-0.1, -0.05) is 29.5 Å². The van der Waals surface area contributed by atoms with Gasteiger partial charge in [-0.05, 0) is 42.5 Å². The monoisotopic (exact) mass is 308 g/mol. The molecule has 0 saturated heterocycles. The van der Waals surface area contributed by atoms with Crippen molar-refractivity contribution in [3.63, 3.8) is 0 Å². The van der Waals surface area contributed by atoms with Crippen LogP contribution in [0.15, 0.2) is 61.2 Å². The number of anilines is 1. The summed E-state index contributed by atoms with van der Waals surface area (Å²) in [4.78, 5) is 3.93. The van der Waals surface area contributed by atoms with E-state index in [-0.39, 0.29) is 0 Å². The van der Waals surface area contributed by atoms with Gasteiger partial charge in [0, 0.05) is 16.3 Å². The van der Waals surface area contributed by atoms with Crippen LogP contribution in [0.1, 0.15) is 5.56 Å². The van der Waals surface area contributed by atoms with E-state index in [2.05, 4.69) is 27.2 Å². The van der Waals surface area contributed by atoms with Crippen LogP contribution in [0, 0.1) is 11.8 Å². The number of nitrogens with zero attached hydrogens (tertiary/aromatic N) is 3. The minimum atomic E-state index is 0.565. The molecule has 0 unspecified atom stereocenters. The zero-order valence-corrected chi connectivity index (χ0v) is 12.5. The Morgan fingerprint density at radius 2 is 2.00 bits per heavy atom. The summed E-state index contributed by atoms with van der Waals surface area (Å²) in [7, 11) is 0. The molecule has 0 spiro atoms. The highest BCUT2D eigenvalue weighted by Gasteiger charge is 1.96. The number of nitrogens with one attached hydrogen (secondary N) is 1. The van der Waals surface area contributed by atoms with Gasteiger partial charge < -0.3 is 5.32 Å². The molecule has 3 aromatic rings. The molecule has 0 radical (unpaired) electrons. The van der Waals surface area contributed by atoms with E-state index in [1.807, 2.05) is 48.5 Å². The summed E-state index contributed by atoms with van der Waals surface area (Å²) < 4.78 is 1.71. The average molecular weight is 309 g/mol. The van der Waals surface area contributed by atoms with Crippen LogP contribution in [0.2, 0.25) is 5.02 Å². The maximum atomic E-state index is 5.92. The summed E-state index contributed by atoms with van der Waals surface area (Å²) in [5, 5.41) is 8.03. The zero-order valence-electron chi connectivity index (χ0n) is 11.7. The van der Waals surface area contributed by atoms with Gasteiger partial charge in [-0.25, -0.2) is 9.67 Å². The van der Waals surface area contributed by atoms with Crippen LogP contribution < -0.4 is 5.32 Å². The van der Waals surface area contributed by atoms with E-state index in [1.165, 1.54) is 6.33 Å². The number of benzene rings is 2. The number of hydrogen-bond acceptors (Lipinski definition) is 3. The first kappa shape index (κ1) is 14.2. The van der Waals surface area contributed by atoms with E-state index in [1.54, 1.807) is 11.0 Å². The van der Waals surface area contributed by atoms with Gasteiger partial charge in [-0.2, -0.15) is 5.10 Å². The van der Waals surface area contributed by atoms with Gasteiger partial charge in [-0.3, -0.25) is 0 Å². The molecular weight excluding hydrogens is 296 g/mol.